The van der Waals surface area contributed by atoms with Gasteiger partial charge < -0.3 is 0 Å². The second-order valence-electron chi connectivity index (χ2n) is 10.1. The van der Waals surface area contributed by atoms with Crippen molar-refractivity contribution in [1.29, 1.82) is 0 Å². The molecule has 0 spiro atoms. The van der Waals surface area contributed by atoms with E-state index in [2.05, 4.69) is 119 Å². The van der Waals surface area contributed by atoms with Crippen LogP contribution in [0.3, 0.4) is 0 Å². The fraction of sp³-hybridized carbons (Fsp3) is 0. The van der Waals surface area contributed by atoms with Gasteiger partial charge in [-0.15, -0.1) is 0 Å². The first-order valence-corrected chi connectivity index (χ1v) is 13.7. The Kier molecular flexibility index (Phi) is 5.42. The predicted octanol–water partition coefficient (Wildman–Crippen LogP) is 9.12. The molecule has 0 bridgehead atoms. The SMILES string of the molecule is c1cc(-c2cccc(-c3cccc(-n4c5ccccc5c5ccncc54)n3)n2)cc(-c2cccc3ccccc23)c1. The zero-order valence-corrected chi connectivity index (χ0v) is 22.1. The molecule has 0 unspecified atom stereocenters. The summed E-state index contributed by atoms with van der Waals surface area (Å²) < 4.78 is 2.18. The van der Waals surface area contributed by atoms with Crippen molar-refractivity contribution in [2.45, 2.75) is 0 Å². The number of nitrogens with zero attached hydrogens (tertiary/aromatic N) is 4. The minimum atomic E-state index is 0.823. The minimum Gasteiger partial charge on any atom is -0.292 e. The summed E-state index contributed by atoms with van der Waals surface area (Å²) in [6.07, 6.45) is 3.75. The topological polar surface area (TPSA) is 43.6 Å². The van der Waals surface area contributed by atoms with Gasteiger partial charge in [0, 0.05) is 22.5 Å². The molecule has 4 aromatic carbocycles. The third-order valence-electron chi connectivity index (χ3n) is 7.71. The summed E-state index contributed by atoms with van der Waals surface area (Å²) in [4.78, 5) is 14.6. The van der Waals surface area contributed by atoms with Gasteiger partial charge >= 0.3 is 0 Å². The number of hydrogen-bond donors (Lipinski definition) is 0. The molecule has 8 aromatic rings. The van der Waals surface area contributed by atoms with Crippen LogP contribution in [0.1, 0.15) is 0 Å². The molecule has 41 heavy (non-hydrogen) atoms. The van der Waals surface area contributed by atoms with Gasteiger partial charge in [0.1, 0.15) is 5.82 Å². The van der Waals surface area contributed by atoms with Gasteiger partial charge in [-0.1, -0.05) is 91.0 Å². The Morgan fingerprint density at radius 2 is 1.15 bits per heavy atom. The molecule has 4 heteroatoms. The normalized spacial score (nSPS) is 11.4. The quantitative estimate of drug-likeness (QED) is 0.231. The van der Waals surface area contributed by atoms with Gasteiger partial charge in [-0.05, 0) is 64.4 Å². The van der Waals surface area contributed by atoms with E-state index >= 15 is 0 Å². The molecule has 0 aliphatic heterocycles. The number of para-hydroxylation sites is 1. The van der Waals surface area contributed by atoms with Crippen molar-refractivity contribution in [3.63, 3.8) is 0 Å². The van der Waals surface area contributed by atoms with E-state index in [4.69, 9.17) is 9.97 Å². The summed E-state index contributed by atoms with van der Waals surface area (Å²) in [7, 11) is 0. The Bertz CT molecular complexity index is 2170. The van der Waals surface area contributed by atoms with Crippen LogP contribution in [0.5, 0.6) is 0 Å². The summed E-state index contributed by atoms with van der Waals surface area (Å²) in [6, 6.07) is 46.3. The lowest BCUT2D eigenvalue weighted by Crippen LogP contribution is -1.99. The fourth-order valence-corrected chi connectivity index (χ4v) is 5.82. The van der Waals surface area contributed by atoms with Gasteiger partial charge in [0.2, 0.25) is 0 Å². The summed E-state index contributed by atoms with van der Waals surface area (Å²) >= 11 is 0. The van der Waals surface area contributed by atoms with Crippen LogP contribution < -0.4 is 0 Å². The van der Waals surface area contributed by atoms with Crippen molar-refractivity contribution in [2.24, 2.45) is 0 Å². The Morgan fingerprint density at radius 3 is 2.10 bits per heavy atom. The van der Waals surface area contributed by atoms with E-state index in [1.165, 1.54) is 27.3 Å². The van der Waals surface area contributed by atoms with Crippen LogP contribution in [0.25, 0.3) is 72.2 Å². The first-order chi connectivity index (χ1) is 20.3. The van der Waals surface area contributed by atoms with Crippen LogP contribution in [0.15, 0.2) is 146 Å². The van der Waals surface area contributed by atoms with Gasteiger partial charge in [0.15, 0.2) is 0 Å². The van der Waals surface area contributed by atoms with Crippen molar-refractivity contribution >= 4 is 32.6 Å². The number of rotatable bonds is 4. The van der Waals surface area contributed by atoms with E-state index < -0.39 is 0 Å². The molecule has 0 fully saturated rings. The zero-order chi connectivity index (χ0) is 27.2. The molecule has 0 aliphatic rings. The Hall–Kier alpha value is -5.61. The highest BCUT2D eigenvalue weighted by Crippen LogP contribution is 2.33. The van der Waals surface area contributed by atoms with Crippen LogP contribution in [0.2, 0.25) is 0 Å². The Morgan fingerprint density at radius 1 is 0.463 bits per heavy atom. The second kappa shape index (κ2) is 9.54. The van der Waals surface area contributed by atoms with Crippen LogP contribution in [0.4, 0.5) is 0 Å². The average Bonchev–Trinajstić information content (AvgIpc) is 3.39. The van der Waals surface area contributed by atoms with Crippen molar-refractivity contribution in [3.8, 4) is 39.6 Å². The van der Waals surface area contributed by atoms with Crippen LogP contribution in [-0.2, 0) is 0 Å². The molecule has 4 aromatic heterocycles. The maximum atomic E-state index is 5.09. The number of fused-ring (bicyclic) bond motifs is 4. The van der Waals surface area contributed by atoms with Gasteiger partial charge in [0.25, 0.3) is 0 Å². The van der Waals surface area contributed by atoms with E-state index in [1.807, 2.05) is 36.7 Å². The van der Waals surface area contributed by atoms with E-state index in [-0.39, 0.29) is 0 Å². The van der Waals surface area contributed by atoms with Gasteiger partial charge in [0.05, 0.1) is 34.3 Å². The third-order valence-corrected chi connectivity index (χ3v) is 7.71. The maximum Gasteiger partial charge on any atom is 0.138 e. The fourth-order valence-electron chi connectivity index (χ4n) is 5.82. The van der Waals surface area contributed by atoms with E-state index in [0.717, 1.165) is 44.9 Å². The number of hydrogen-bond acceptors (Lipinski definition) is 3. The van der Waals surface area contributed by atoms with Gasteiger partial charge in [-0.2, -0.15) is 0 Å². The number of pyridine rings is 3. The molecule has 0 radical (unpaired) electrons. The monoisotopic (exact) mass is 524 g/mol. The molecule has 0 amide bonds. The smallest absolute Gasteiger partial charge is 0.138 e. The van der Waals surface area contributed by atoms with Crippen molar-refractivity contribution in [1.82, 2.24) is 19.5 Å². The highest BCUT2D eigenvalue weighted by molar-refractivity contribution is 6.08. The maximum absolute atomic E-state index is 5.09. The first kappa shape index (κ1) is 23.3. The van der Waals surface area contributed by atoms with E-state index in [0.29, 0.717) is 0 Å². The third kappa shape index (κ3) is 3.97. The Labute approximate surface area is 237 Å². The lowest BCUT2D eigenvalue weighted by Gasteiger charge is -2.11. The molecule has 0 saturated carbocycles. The van der Waals surface area contributed by atoms with Crippen molar-refractivity contribution in [3.05, 3.63) is 146 Å². The van der Waals surface area contributed by atoms with Crippen LogP contribution in [-0.4, -0.2) is 19.5 Å². The molecule has 0 saturated heterocycles. The molecule has 192 valence electrons. The summed E-state index contributed by atoms with van der Waals surface area (Å²) in [5, 5.41) is 4.83. The van der Waals surface area contributed by atoms with Crippen molar-refractivity contribution in [2.75, 3.05) is 0 Å². The van der Waals surface area contributed by atoms with Crippen molar-refractivity contribution < 1.29 is 0 Å². The number of aromatic nitrogens is 4. The van der Waals surface area contributed by atoms with Gasteiger partial charge in [-0.3, -0.25) is 9.55 Å². The lowest BCUT2D eigenvalue weighted by molar-refractivity contribution is 1.07. The van der Waals surface area contributed by atoms with Gasteiger partial charge in [-0.25, -0.2) is 9.97 Å². The Balaban J connectivity index is 1.21. The number of benzene rings is 4. The molecule has 0 N–H and O–H groups in total. The average molecular weight is 525 g/mol. The molecular weight excluding hydrogens is 500 g/mol. The van der Waals surface area contributed by atoms with E-state index in [9.17, 15) is 0 Å². The lowest BCUT2D eigenvalue weighted by atomic mass is 9.96. The summed E-state index contributed by atoms with van der Waals surface area (Å²) in [5.41, 5.74) is 8.17. The highest BCUT2D eigenvalue weighted by Gasteiger charge is 2.14. The van der Waals surface area contributed by atoms with E-state index in [1.54, 1.807) is 0 Å². The highest BCUT2D eigenvalue weighted by atomic mass is 15.1. The van der Waals surface area contributed by atoms with Crippen LogP contribution in [0, 0.1) is 0 Å². The second-order valence-corrected chi connectivity index (χ2v) is 10.1. The molecule has 0 atom stereocenters. The standard InChI is InChI=1S/C37H24N4/c1-2-13-28-25(9-1)10-6-15-29(28)26-11-5-12-27(23-26)32-16-7-17-33(39-32)34-18-8-20-37(40-34)41-35-19-4-3-14-30(35)31-21-22-38-24-36(31)41/h1-24H. The molecule has 8 rings (SSSR count). The van der Waals surface area contributed by atoms with Crippen LogP contribution >= 0.6 is 0 Å². The summed E-state index contributed by atoms with van der Waals surface area (Å²) in [5.74, 6) is 0.840. The largest absolute Gasteiger partial charge is 0.292 e. The molecule has 4 heterocycles. The predicted molar refractivity (Wildman–Crippen MR) is 168 cm³/mol. The molecule has 0 aliphatic carbocycles. The summed E-state index contributed by atoms with van der Waals surface area (Å²) in [6.45, 7) is 0. The minimum absolute atomic E-state index is 0.823. The zero-order valence-electron chi connectivity index (χ0n) is 22.1. The molecular formula is C37H24N4. The first-order valence-electron chi connectivity index (χ1n) is 13.7. The molecule has 4 nitrogen and oxygen atoms in total.